The van der Waals surface area contributed by atoms with E-state index in [1.165, 1.54) is 35.8 Å². The Labute approximate surface area is 155 Å². The van der Waals surface area contributed by atoms with Gasteiger partial charge >= 0.3 is 5.97 Å². The molecular formula is C20H18N2O5. The van der Waals surface area contributed by atoms with Crippen LogP contribution in [-0.2, 0) is 16.1 Å². The molecule has 138 valence electrons. The number of esters is 1. The predicted molar refractivity (Wildman–Crippen MR) is 99.7 cm³/mol. The molecule has 0 saturated carbocycles. The fourth-order valence-corrected chi connectivity index (χ4v) is 2.49. The largest absolute Gasteiger partial charge is 0.504 e. The van der Waals surface area contributed by atoms with Gasteiger partial charge in [-0.05, 0) is 42.3 Å². The van der Waals surface area contributed by atoms with Crippen LogP contribution in [0.1, 0.15) is 16.8 Å². The van der Waals surface area contributed by atoms with Crippen molar-refractivity contribution in [2.45, 2.75) is 13.5 Å². The van der Waals surface area contributed by atoms with E-state index in [4.69, 9.17) is 9.47 Å². The Morgan fingerprint density at radius 1 is 1.26 bits per heavy atom. The third kappa shape index (κ3) is 4.33. The fraction of sp³-hybridized carbons (Fsp3) is 0.150. The molecule has 0 atom stereocenters. The maximum Gasteiger partial charge on any atom is 0.331 e. The number of carbonyl (C=O) groups is 1. The van der Waals surface area contributed by atoms with Crippen LogP contribution in [0.5, 0.6) is 11.5 Å². The number of aryl methyl sites for hydroxylation is 1. The summed E-state index contributed by atoms with van der Waals surface area (Å²) in [6, 6.07) is 9.63. The number of phenols is 1. The summed E-state index contributed by atoms with van der Waals surface area (Å²) in [7, 11) is 1.44. The van der Waals surface area contributed by atoms with Gasteiger partial charge in [0, 0.05) is 18.3 Å². The van der Waals surface area contributed by atoms with E-state index in [1.54, 1.807) is 24.4 Å². The van der Waals surface area contributed by atoms with Gasteiger partial charge in [0.2, 0.25) is 0 Å². The summed E-state index contributed by atoms with van der Waals surface area (Å²) in [5.74, 6) is -0.254. The standard InChI is InChI=1S/C20H18N2O5/c1-13-3-7-18-21-15(10-19(24)22(18)11-13)12-27-20(25)8-5-14-4-6-16(23)17(9-14)26-2/h3-11,23H,12H2,1-2H3/b8-5+. The molecule has 0 radical (unpaired) electrons. The average molecular weight is 366 g/mol. The Hall–Kier alpha value is -3.61. The zero-order valence-electron chi connectivity index (χ0n) is 14.9. The maximum absolute atomic E-state index is 12.1. The molecule has 0 fully saturated rings. The summed E-state index contributed by atoms with van der Waals surface area (Å²) in [5, 5.41) is 9.56. The molecule has 0 aliphatic heterocycles. The van der Waals surface area contributed by atoms with E-state index in [0.717, 1.165) is 5.56 Å². The Balaban J connectivity index is 1.68. The second-order valence-corrected chi connectivity index (χ2v) is 5.89. The average Bonchev–Trinajstić information content (AvgIpc) is 2.66. The van der Waals surface area contributed by atoms with Crippen LogP contribution in [0.3, 0.4) is 0 Å². The van der Waals surface area contributed by atoms with Gasteiger partial charge in [0.1, 0.15) is 12.3 Å². The van der Waals surface area contributed by atoms with Crippen molar-refractivity contribution in [1.29, 1.82) is 0 Å². The molecule has 0 unspecified atom stereocenters. The zero-order chi connectivity index (χ0) is 19.4. The Kier molecular flexibility index (Phi) is 5.21. The summed E-state index contributed by atoms with van der Waals surface area (Å²) in [6.45, 7) is 1.78. The van der Waals surface area contributed by atoms with Crippen LogP contribution in [-0.4, -0.2) is 27.6 Å². The minimum absolute atomic E-state index is 0.0149. The van der Waals surface area contributed by atoms with Crippen molar-refractivity contribution in [2.75, 3.05) is 7.11 Å². The Morgan fingerprint density at radius 2 is 2.07 bits per heavy atom. The Morgan fingerprint density at radius 3 is 2.85 bits per heavy atom. The van der Waals surface area contributed by atoms with Crippen molar-refractivity contribution in [1.82, 2.24) is 9.38 Å². The van der Waals surface area contributed by atoms with Gasteiger partial charge in [0.05, 0.1) is 12.8 Å². The van der Waals surface area contributed by atoms with Gasteiger partial charge in [0.15, 0.2) is 11.5 Å². The highest BCUT2D eigenvalue weighted by Gasteiger charge is 2.06. The molecule has 1 N–H and O–H groups in total. The molecule has 0 bridgehead atoms. The molecule has 3 aromatic rings. The van der Waals surface area contributed by atoms with E-state index in [2.05, 4.69) is 4.98 Å². The number of rotatable bonds is 5. The zero-order valence-corrected chi connectivity index (χ0v) is 14.9. The third-order valence-corrected chi connectivity index (χ3v) is 3.84. The van der Waals surface area contributed by atoms with E-state index in [1.807, 2.05) is 13.0 Å². The summed E-state index contributed by atoms with van der Waals surface area (Å²) in [5.41, 5.74) is 2.24. The van der Waals surface area contributed by atoms with E-state index in [9.17, 15) is 14.7 Å². The lowest BCUT2D eigenvalue weighted by molar-refractivity contribution is -0.139. The molecule has 2 heterocycles. The van der Waals surface area contributed by atoms with Gasteiger partial charge in [-0.2, -0.15) is 0 Å². The highest BCUT2D eigenvalue weighted by atomic mass is 16.5. The van der Waals surface area contributed by atoms with E-state index in [0.29, 0.717) is 22.7 Å². The van der Waals surface area contributed by atoms with E-state index < -0.39 is 5.97 Å². The van der Waals surface area contributed by atoms with Gasteiger partial charge in [-0.15, -0.1) is 0 Å². The highest BCUT2D eigenvalue weighted by molar-refractivity contribution is 5.87. The van der Waals surface area contributed by atoms with Crippen molar-refractivity contribution in [3.05, 3.63) is 75.8 Å². The number of phenolic OH excluding ortho intramolecular Hbond substituents is 1. The highest BCUT2D eigenvalue weighted by Crippen LogP contribution is 2.26. The smallest absolute Gasteiger partial charge is 0.331 e. The minimum Gasteiger partial charge on any atom is -0.504 e. The van der Waals surface area contributed by atoms with Crippen molar-refractivity contribution in [3.8, 4) is 11.5 Å². The minimum atomic E-state index is -0.576. The topological polar surface area (TPSA) is 90.1 Å². The number of nitrogens with zero attached hydrogens (tertiary/aromatic N) is 2. The van der Waals surface area contributed by atoms with Gasteiger partial charge in [-0.25, -0.2) is 9.78 Å². The summed E-state index contributed by atoms with van der Waals surface area (Å²) >= 11 is 0. The molecule has 0 aliphatic carbocycles. The molecule has 2 aromatic heterocycles. The van der Waals surface area contributed by atoms with Crippen LogP contribution in [0.25, 0.3) is 11.7 Å². The molecule has 7 nitrogen and oxygen atoms in total. The Bertz CT molecular complexity index is 1090. The molecule has 27 heavy (non-hydrogen) atoms. The first-order valence-corrected chi connectivity index (χ1v) is 8.17. The third-order valence-electron chi connectivity index (χ3n) is 3.84. The predicted octanol–water partition coefficient (Wildman–Crippen LogP) is 2.47. The molecule has 0 aliphatic rings. The van der Waals surface area contributed by atoms with Gasteiger partial charge in [0.25, 0.3) is 5.56 Å². The number of ether oxygens (including phenoxy) is 2. The molecule has 3 rings (SSSR count). The maximum atomic E-state index is 12.1. The lowest BCUT2D eigenvalue weighted by Crippen LogP contribution is -2.16. The first-order valence-electron chi connectivity index (χ1n) is 8.17. The van der Waals surface area contributed by atoms with Crippen LogP contribution in [0, 0.1) is 6.92 Å². The van der Waals surface area contributed by atoms with Crippen LogP contribution >= 0.6 is 0 Å². The normalized spacial score (nSPS) is 11.0. The van der Waals surface area contributed by atoms with Gasteiger partial charge < -0.3 is 14.6 Å². The lowest BCUT2D eigenvalue weighted by atomic mass is 10.2. The number of hydrogen-bond donors (Lipinski definition) is 1. The monoisotopic (exact) mass is 366 g/mol. The quantitative estimate of drug-likeness (QED) is 0.551. The second kappa shape index (κ2) is 7.74. The summed E-state index contributed by atoms with van der Waals surface area (Å²) in [4.78, 5) is 28.4. The fourth-order valence-electron chi connectivity index (χ4n) is 2.49. The summed E-state index contributed by atoms with van der Waals surface area (Å²) in [6.07, 6.45) is 4.49. The van der Waals surface area contributed by atoms with Gasteiger partial charge in [-0.3, -0.25) is 9.20 Å². The number of aromatic nitrogens is 2. The number of fused-ring (bicyclic) bond motifs is 1. The van der Waals surface area contributed by atoms with E-state index in [-0.39, 0.29) is 17.9 Å². The molecule has 0 saturated heterocycles. The van der Waals surface area contributed by atoms with Crippen LogP contribution < -0.4 is 10.3 Å². The van der Waals surface area contributed by atoms with Crippen LogP contribution in [0.15, 0.2) is 53.5 Å². The number of benzene rings is 1. The second-order valence-electron chi connectivity index (χ2n) is 5.89. The number of pyridine rings is 1. The van der Waals surface area contributed by atoms with Crippen molar-refractivity contribution < 1.29 is 19.4 Å². The molecule has 0 amide bonds. The number of methoxy groups -OCH3 is 1. The molecule has 7 heteroatoms. The first-order chi connectivity index (χ1) is 13.0. The summed E-state index contributed by atoms with van der Waals surface area (Å²) < 4.78 is 11.6. The first kappa shape index (κ1) is 18.2. The molecule has 0 spiro atoms. The van der Waals surface area contributed by atoms with Crippen molar-refractivity contribution in [2.24, 2.45) is 0 Å². The van der Waals surface area contributed by atoms with Gasteiger partial charge in [-0.1, -0.05) is 12.1 Å². The number of hydrogen-bond acceptors (Lipinski definition) is 6. The molecular weight excluding hydrogens is 348 g/mol. The van der Waals surface area contributed by atoms with Crippen molar-refractivity contribution >= 4 is 17.7 Å². The SMILES string of the molecule is COc1cc(/C=C/C(=O)OCc2cc(=O)n3cc(C)ccc3n2)ccc1O. The van der Waals surface area contributed by atoms with E-state index >= 15 is 0 Å². The van der Waals surface area contributed by atoms with Crippen LogP contribution in [0.2, 0.25) is 0 Å². The number of aromatic hydroxyl groups is 1. The molecule has 1 aromatic carbocycles. The van der Waals surface area contributed by atoms with Crippen molar-refractivity contribution in [3.63, 3.8) is 0 Å². The number of carbonyl (C=O) groups excluding carboxylic acids is 1. The lowest BCUT2D eigenvalue weighted by Gasteiger charge is -2.05. The van der Waals surface area contributed by atoms with Crippen LogP contribution in [0.4, 0.5) is 0 Å².